The summed E-state index contributed by atoms with van der Waals surface area (Å²) in [5, 5.41) is 10.6. The highest BCUT2D eigenvalue weighted by Crippen LogP contribution is 2.17. The molecule has 0 radical (unpaired) electrons. The number of Topliss-reactive ketones (excluding diaryl/α,β-unsaturated/α-hetero) is 1. The lowest BCUT2D eigenvalue weighted by Crippen LogP contribution is -2.16. The van der Waals surface area contributed by atoms with Crippen LogP contribution in [-0.2, 0) is 21.1 Å². The maximum atomic E-state index is 12.1. The molecule has 0 aliphatic carbocycles. The highest BCUT2D eigenvalue weighted by molar-refractivity contribution is 7.92. The quantitative estimate of drug-likeness (QED) is 0.573. The zero-order valence-electron chi connectivity index (χ0n) is 12.2. The molecule has 120 valence electrons. The van der Waals surface area contributed by atoms with Gasteiger partial charge in [0.25, 0.3) is 5.69 Å². The van der Waals surface area contributed by atoms with Crippen LogP contribution in [0.25, 0.3) is 0 Å². The number of benzene rings is 2. The molecule has 2 rings (SSSR count). The normalized spacial score (nSPS) is 11.1. The Bertz CT molecular complexity index is 798. The molecule has 0 aliphatic rings. The number of nitrogens with zero attached hydrogens (tertiary/aromatic N) is 1. The summed E-state index contributed by atoms with van der Waals surface area (Å²) >= 11 is 0. The van der Waals surface area contributed by atoms with E-state index < -0.39 is 20.5 Å². The first-order valence-corrected chi connectivity index (χ1v) is 8.56. The van der Waals surface area contributed by atoms with Crippen LogP contribution in [0.1, 0.15) is 12.0 Å². The number of rotatable bonds is 7. The molecule has 23 heavy (non-hydrogen) atoms. The fourth-order valence-electron chi connectivity index (χ4n) is 2.07. The summed E-state index contributed by atoms with van der Waals surface area (Å²) in [4.78, 5) is 21.8. The summed E-state index contributed by atoms with van der Waals surface area (Å²) in [5.41, 5.74) is 0.771. The van der Waals surface area contributed by atoms with Crippen molar-refractivity contribution in [1.82, 2.24) is 0 Å². The van der Waals surface area contributed by atoms with E-state index >= 15 is 0 Å². The highest BCUT2D eigenvalue weighted by atomic mass is 32.2. The number of nitro groups is 1. The summed E-state index contributed by atoms with van der Waals surface area (Å²) in [5.74, 6) is -0.982. The molecule has 7 heteroatoms. The van der Waals surface area contributed by atoms with E-state index in [0.717, 1.165) is 29.8 Å². The van der Waals surface area contributed by atoms with E-state index in [0.29, 0.717) is 6.42 Å². The van der Waals surface area contributed by atoms with Gasteiger partial charge in [-0.25, -0.2) is 8.42 Å². The maximum absolute atomic E-state index is 12.1. The first-order valence-electron chi connectivity index (χ1n) is 6.91. The van der Waals surface area contributed by atoms with Gasteiger partial charge in [-0.1, -0.05) is 30.3 Å². The molecule has 0 amide bonds. The van der Waals surface area contributed by atoms with E-state index in [2.05, 4.69) is 0 Å². The molecule has 0 bridgehead atoms. The molecule has 2 aromatic carbocycles. The molecule has 0 saturated heterocycles. The third-order valence-electron chi connectivity index (χ3n) is 3.29. The van der Waals surface area contributed by atoms with E-state index in [-0.39, 0.29) is 22.8 Å². The zero-order chi connectivity index (χ0) is 16.9. The van der Waals surface area contributed by atoms with Crippen LogP contribution in [0, 0.1) is 10.1 Å². The number of aryl methyl sites for hydroxylation is 1. The highest BCUT2D eigenvalue weighted by Gasteiger charge is 2.20. The van der Waals surface area contributed by atoms with Crippen molar-refractivity contribution in [2.24, 2.45) is 0 Å². The van der Waals surface area contributed by atoms with Crippen molar-refractivity contribution >= 4 is 21.3 Å². The number of carbonyl (C=O) groups is 1. The Hall–Kier alpha value is -2.54. The molecule has 6 nitrogen and oxygen atoms in total. The second-order valence-electron chi connectivity index (χ2n) is 5.03. The van der Waals surface area contributed by atoms with Gasteiger partial charge in [0.1, 0.15) is 11.5 Å². The standard InChI is InChI=1S/C16H15NO5S/c18-15(9-6-13-4-2-1-3-5-13)12-23(21,22)16-10-7-14(8-11-16)17(19)20/h1-5,7-8,10-11H,6,9,12H2. The summed E-state index contributed by atoms with van der Waals surface area (Å²) in [6.07, 6.45) is 0.617. The van der Waals surface area contributed by atoms with Crippen molar-refractivity contribution in [2.45, 2.75) is 17.7 Å². The maximum Gasteiger partial charge on any atom is 0.269 e. The van der Waals surface area contributed by atoms with E-state index in [4.69, 9.17) is 0 Å². The van der Waals surface area contributed by atoms with E-state index in [9.17, 15) is 23.3 Å². The van der Waals surface area contributed by atoms with Gasteiger partial charge in [0, 0.05) is 18.6 Å². The van der Waals surface area contributed by atoms with Gasteiger partial charge in [0.2, 0.25) is 0 Å². The van der Waals surface area contributed by atoms with Gasteiger partial charge >= 0.3 is 0 Å². The average molecular weight is 333 g/mol. The predicted molar refractivity (Wildman–Crippen MR) is 84.9 cm³/mol. The molecule has 0 atom stereocenters. The van der Waals surface area contributed by atoms with Crippen molar-refractivity contribution < 1.29 is 18.1 Å². The van der Waals surface area contributed by atoms with E-state index in [1.54, 1.807) is 0 Å². The first kappa shape index (κ1) is 16.8. The molecule has 0 heterocycles. The predicted octanol–water partition coefficient (Wildman–Crippen LogP) is 2.57. The Labute approximate surface area is 133 Å². The van der Waals surface area contributed by atoms with Crippen LogP contribution in [0.4, 0.5) is 5.69 Å². The lowest BCUT2D eigenvalue weighted by molar-refractivity contribution is -0.384. The lowest BCUT2D eigenvalue weighted by atomic mass is 10.1. The van der Waals surface area contributed by atoms with Gasteiger partial charge in [0.05, 0.1) is 9.82 Å². The molecule has 0 spiro atoms. The van der Waals surface area contributed by atoms with E-state index in [1.807, 2.05) is 30.3 Å². The molecular formula is C16H15NO5S. The minimum Gasteiger partial charge on any atom is -0.299 e. The largest absolute Gasteiger partial charge is 0.299 e. The Morgan fingerprint density at radius 3 is 2.17 bits per heavy atom. The van der Waals surface area contributed by atoms with Crippen molar-refractivity contribution in [3.63, 3.8) is 0 Å². The molecule has 0 N–H and O–H groups in total. The number of sulfone groups is 1. The average Bonchev–Trinajstić information content (AvgIpc) is 2.53. The Morgan fingerprint density at radius 1 is 1.00 bits per heavy atom. The number of ketones is 1. The minimum absolute atomic E-state index is 0.0869. The smallest absolute Gasteiger partial charge is 0.269 e. The van der Waals surface area contributed by atoms with Crippen LogP contribution in [0.2, 0.25) is 0 Å². The molecule has 0 fully saturated rings. The van der Waals surface area contributed by atoms with Gasteiger partial charge in [-0.15, -0.1) is 0 Å². The van der Waals surface area contributed by atoms with Crippen molar-refractivity contribution in [1.29, 1.82) is 0 Å². The number of hydrogen-bond acceptors (Lipinski definition) is 5. The Morgan fingerprint density at radius 2 is 1.61 bits per heavy atom. The number of carbonyl (C=O) groups excluding carboxylic acids is 1. The monoisotopic (exact) mass is 333 g/mol. The van der Waals surface area contributed by atoms with E-state index in [1.165, 1.54) is 0 Å². The van der Waals surface area contributed by atoms with Gasteiger partial charge < -0.3 is 0 Å². The summed E-state index contributed by atoms with van der Waals surface area (Å²) in [6, 6.07) is 13.8. The second kappa shape index (κ2) is 7.15. The number of non-ortho nitro benzene ring substituents is 1. The molecule has 0 aliphatic heterocycles. The zero-order valence-corrected chi connectivity index (χ0v) is 13.0. The van der Waals surface area contributed by atoms with Crippen LogP contribution in [0.3, 0.4) is 0 Å². The van der Waals surface area contributed by atoms with Crippen molar-refractivity contribution in [3.05, 3.63) is 70.3 Å². The summed E-state index contributed by atoms with van der Waals surface area (Å²) < 4.78 is 24.3. The molecule has 0 saturated carbocycles. The summed E-state index contributed by atoms with van der Waals surface area (Å²) in [7, 11) is -3.78. The van der Waals surface area contributed by atoms with Gasteiger partial charge in [-0.3, -0.25) is 14.9 Å². The Kier molecular flexibility index (Phi) is 5.23. The fraction of sp³-hybridized carbons (Fsp3) is 0.188. The van der Waals surface area contributed by atoms with Gasteiger partial charge in [0.15, 0.2) is 9.84 Å². The lowest BCUT2D eigenvalue weighted by Gasteiger charge is -2.04. The Balaban J connectivity index is 1.99. The van der Waals surface area contributed by atoms with Crippen molar-refractivity contribution in [3.8, 4) is 0 Å². The van der Waals surface area contributed by atoms with Crippen LogP contribution in [0.5, 0.6) is 0 Å². The van der Waals surface area contributed by atoms with Crippen LogP contribution in [-0.4, -0.2) is 24.9 Å². The van der Waals surface area contributed by atoms with Crippen LogP contribution in [0.15, 0.2) is 59.5 Å². The third-order valence-corrected chi connectivity index (χ3v) is 4.99. The van der Waals surface area contributed by atoms with Crippen LogP contribution < -0.4 is 0 Å². The third kappa shape index (κ3) is 4.72. The minimum atomic E-state index is -3.78. The van der Waals surface area contributed by atoms with Crippen molar-refractivity contribution in [2.75, 3.05) is 5.75 Å². The SMILES string of the molecule is O=C(CCc1ccccc1)CS(=O)(=O)c1ccc([N+](=O)[O-])cc1. The number of nitro benzene ring substituents is 1. The molecule has 2 aromatic rings. The summed E-state index contributed by atoms with van der Waals surface area (Å²) in [6.45, 7) is 0. The van der Waals surface area contributed by atoms with Crippen LogP contribution >= 0.6 is 0 Å². The first-order chi connectivity index (χ1) is 10.9. The second-order valence-corrected chi connectivity index (χ2v) is 7.02. The van der Waals surface area contributed by atoms with Gasteiger partial charge in [-0.2, -0.15) is 0 Å². The fourth-order valence-corrected chi connectivity index (χ4v) is 3.36. The molecule has 0 aromatic heterocycles. The van der Waals surface area contributed by atoms with Gasteiger partial charge in [-0.05, 0) is 24.1 Å². The topological polar surface area (TPSA) is 94.3 Å². The number of hydrogen-bond donors (Lipinski definition) is 0. The molecular weight excluding hydrogens is 318 g/mol. The molecule has 0 unspecified atom stereocenters.